The number of hydrogen-bond donors (Lipinski definition) is 1. The minimum atomic E-state index is -0.409. The first-order chi connectivity index (χ1) is 7.90. The number of rotatable bonds is 4. The van der Waals surface area contributed by atoms with Gasteiger partial charge in [0.2, 0.25) is 0 Å². The highest BCUT2D eigenvalue weighted by Gasteiger charge is 2.23. The molecule has 96 valence electrons. The van der Waals surface area contributed by atoms with Crippen LogP contribution >= 0.6 is 0 Å². The Morgan fingerprint density at radius 3 is 1.88 bits per heavy atom. The third-order valence-corrected chi connectivity index (χ3v) is 3.16. The number of aliphatic hydroxyl groups excluding tert-OH is 1. The maximum absolute atomic E-state index is 10.2. The molecule has 0 spiro atoms. The molecule has 1 atom stereocenters. The molecule has 0 saturated carbocycles. The summed E-state index contributed by atoms with van der Waals surface area (Å²) in [6.07, 6.45) is -0.409. The summed E-state index contributed by atoms with van der Waals surface area (Å²) in [6.45, 7) is 12.5. The standard InChI is InChI=1S/C15H25NO/c1-6-16(7-2)13-10-8-12(9-11-13)14(17)15(3,4)5/h8-11,14,17H,6-7H2,1-5H3. The lowest BCUT2D eigenvalue weighted by molar-refractivity contribution is 0.0627. The van der Waals surface area contributed by atoms with Crippen molar-refractivity contribution in [3.05, 3.63) is 29.8 Å². The molecule has 1 aromatic rings. The van der Waals surface area contributed by atoms with Gasteiger partial charge in [-0.15, -0.1) is 0 Å². The fourth-order valence-corrected chi connectivity index (χ4v) is 1.96. The first kappa shape index (κ1) is 14.0. The first-order valence-corrected chi connectivity index (χ1v) is 6.43. The van der Waals surface area contributed by atoms with Crippen LogP contribution in [0.3, 0.4) is 0 Å². The quantitative estimate of drug-likeness (QED) is 0.861. The normalized spacial score (nSPS) is 13.5. The molecule has 0 saturated heterocycles. The average molecular weight is 235 g/mol. The van der Waals surface area contributed by atoms with E-state index >= 15 is 0 Å². The summed E-state index contributed by atoms with van der Waals surface area (Å²) in [6, 6.07) is 8.25. The third-order valence-electron chi connectivity index (χ3n) is 3.16. The average Bonchev–Trinajstić information content (AvgIpc) is 2.29. The zero-order valence-corrected chi connectivity index (χ0v) is 11.7. The van der Waals surface area contributed by atoms with Gasteiger partial charge in [0.05, 0.1) is 6.10 Å². The van der Waals surface area contributed by atoms with Gasteiger partial charge >= 0.3 is 0 Å². The van der Waals surface area contributed by atoms with Gasteiger partial charge in [-0.2, -0.15) is 0 Å². The number of anilines is 1. The van der Waals surface area contributed by atoms with E-state index in [0.717, 1.165) is 18.7 Å². The van der Waals surface area contributed by atoms with Crippen molar-refractivity contribution in [1.82, 2.24) is 0 Å². The van der Waals surface area contributed by atoms with Crippen LogP contribution in [0.2, 0.25) is 0 Å². The fourth-order valence-electron chi connectivity index (χ4n) is 1.96. The van der Waals surface area contributed by atoms with Crippen molar-refractivity contribution in [1.29, 1.82) is 0 Å². The lowest BCUT2D eigenvalue weighted by atomic mass is 9.85. The highest BCUT2D eigenvalue weighted by atomic mass is 16.3. The van der Waals surface area contributed by atoms with Gasteiger partial charge in [-0.05, 0) is 37.0 Å². The van der Waals surface area contributed by atoms with Crippen molar-refractivity contribution in [2.45, 2.75) is 40.7 Å². The lowest BCUT2D eigenvalue weighted by Gasteiger charge is -2.27. The Kier molecular flexibility index (Phi) is 4.58. The van der Waals surface area contributed by atoms with Crippen LogP contribution in [-0.2, 0) is 0 Å². The van der Waals surface area contributed by atoms with Crippen LogP contribution in [0.1, 0.15) is 46.3 Å². The van der Waals surface area contributed by atoms with Crippen LogP contribution in [0, 0.1) is 5.41 Å². The molecule has 1 unspecified atom stereocenters. The number of aliphatic hydroxyl groups is 1. The zero-order valence-electron chi connectivity index (χ0n) is 11.7. The number of benzene rings is 1. The van der Waals surface area contributed by atoms with Gasteiger partial charge in [0.25, 0.3) is 0 Å². The van der Waals surface area contributed by atoms with Crippen molar-refractivity contribution in [3.8, 4) is 0 Å². The number of nitrogens with zero attached hydrogens (tertiary/aromatic N) is 1. The number of hydrogen-bond acceptors (Lipinski definition) is 2. The van der Waals surface area contributed by atoms with Crippen molar-refractivity contribution in [3.63, 3.8) is 0 Å². The largest absolute Gasteiger partial charge is 0.388 e. The predicted octanol–water partition coefficient (Wildman–Crippen LogP) is 3.61. The first-order valence-electron chi connectivity index (χ1n) is 6.43. The van der Waals surface area contributed by atoms with Gasteiger partial charge in [0.15, 0.2) is 0 Å². The monoisotopic (exact) mass is 235 g/mol. The van der Waals surface area contributed by atoms with Gasteiger partial charge in [0, 0.05) is 18.8 Å². The smallest absolute Gasteiger partial charge is 0.0838 e. The van der Waals surface area contributed by atoms with Gasteiger partial charge in [0.1, 0.15) is 0 Å². The molecule has 0 bridgehead atoms. The highest BCUT2D eigenvalue weighted by Crippen LogP contribution is 2.33. The minimum Gasteiger partial charge on any atom is -0.388 e. The van der Waals surface area contributed by atoms with E-state index in [1.165, 1.54) is 5.69 Å². The molecule has 0 aromatic heterocycles. The second kappa shape index (κ2) is 5.54. The fraction of sp³-hybridized carbons (Fsp3) is 0.600. The second-order valence-corrected chi connectivity index (χ2v) is 5.53. The summed E-state index contributed by atoms with van der Waals surface area (Å²) >= 11 is 0. The molecule has 0 aliphatic heterocycles. The molecule has 1 N–H and O–H groups in total. The van der Waals surface area contributed by atoms with E-state index in [1.807, 2.05) is 12.1 Å². The second-order valence-electron chi connectivity index (χ2n) is 5.53. The highest BCUT2D eigenvalue weighted by molar-refractivity contribution is 5.47. The van der Waals surface area contributed by atoms with Crippen LogP contribution in [0.15, 0.2) is 24.3 Å². The molecule has 2 heteroatoms. The van der Waals surface area contributed by atoms with Crippen LogP contribution < -0.4 is 4.90 Å². The van der Waals surface area contributed by atoms with Crippen molar-refractivity contribution in [2.24, 2.45) is 5.41 Å². The molecule has 0 radical (unpaired) electrons. The van der Waals surface area contributed by atoms with E-state index in [4.69, 9.17) is 0 Å². The maximum Gasteiger partial charge on any atom is 0.0838 e. The summed E-state index contributed by atoms with van der Waals surface area (Å²) in [5, 5.41) is 10.2. The zero-order chi connectivity index (χ0) is 13.1. The molecule has 1 rings (SSSR count). The minimum absolute atomic E-state index is 0.114. The summed E-state index contributed by atoms with van der Waals surface area (Å²) in [5.41, 5.74) is 2.10. The molecule has 17 heavy (non-hydrogen) atoms. The molecule has 0 aliphatic carbocycles. The molecule has 0 amide bonds. The van der Waals surface area contributed by atoms with Gasteiger partial charge in [-0.25, -0.2) is 0 Å². The van der Waals surface area contributed by atoms with E-state index in [-0.39, 0.29) is 5.41 Å². The Balaban J connectivity index is 2.88. The van der Waals surface area contributed by atoms with Crippen molar-refractivity contribution in [2.75, 3.05) is 18.0 Å². The molecule has 0 aliphatic rings. The Morgan fingerprint density at radius 1 is 1.06 bits per heavy atom. The topological polar surface area (TPSA) is 23.5 Å². The van der Waals surface area contributed by atoms with Gasteiger partial charge in [-0.3, -0.25) is 0 Å². The molecule has 1 aromatic carbocycles. The Labute approximate surface area is 105 Å². The third kappa shape index (κ3) is 3.47. The SMILES string of the molecule is CCN(CC)c1ccc(C(O)C(C)(C)C)cc1. The van der Waals surface area contributed by atoms with Crippen molar-refractivity contribution < 1.29 is 5.11 Å². The predicted molar refractivity (Wildman–Crippen MR) is 74.4 cm³/mol. The summed E-state index contributed by atoms with van der Waals surface area (Å²) < 4.78 is 0. The van der Waals surface area contributed by atoms with Gasteiger partial charge in [-0.1, -0.05) is 32.9 Å². The molecule has 0 heterocycles. The van der Waals surface area contributed by atoms with Crippen LogP contribution in [0.4, 0.5) is 5.69 Å². The van der Waals surface area contributed by atoms with Crippen molar-refractivity contribution >= 4 is 5.69 Å². The summed E-state index contributed by atoms with van der Waals surface area (Å²) in [5.74, 6) is 0. The van der Waals surface area contributed by atoms with E-state index in [9.17, 15) is 5.11 Å². The van der Waals surface area contributed by atoms with Crippen LogP contribution in [-0.4, -0.2) is 18.2 Å². The van der Waals surface area contributed by atoms with Gasteiger partial charge < -0.3 is 10.0 Å². The summed E-state index contributed by atoms with van der Waals surface area (Å²) in [4.78, 5) is 2.30. The van der Waals surface area contributed by atoms with Crippen LogP contribution in [0.5, 0.6) is 0 Å². The molecule has 2 nitrogen and oxygen atoms in total. The van der Waals surface area contributed by atoms with E-state index in [2.05, 4.69) is 51.7 Å². The Bertz CT molecular complexity index is 333. The maximum atomic E-state index is 10.2. The van der Waals surface area contributed by atoms with E-state index in [1.54, 1.807) is 0 Å². The summed E-state index contributed by atoms with van der Waals surface area (Å²) in [7, 11) is 0. The van der Waals surface area contributed by atoms with E-state index in [0.29, 0.717) is 0 Å². The van der Waals surface area contributed by atoms with E-state index < -0.39 is 6.10 Å². The lowest BCUT2D eigenvalue weighted by Crippen LogP contribution is -2.22. The Morgan fingerprint density at radius 2 is 1.53 bits per heavy atom. The van der Waals surface area contributed by atoms with Crippen LogP contribution in [0.25, 0.3) is 0 Å². The Hall–Kier alpha value is -1.02. The molecular weight excluding hydrogens is 210 g/mol. The molecular formula is C15H25NO. The molecule has 0 fully saturated rings.